The second-order valence-corrected chi connectivity index (χ2v) is 7.62. The summed E-state index contributed by atoms with van der Waals surface area (Å²) < 4.78 is 39.4. The lowest BCUT2D eigenvalue weighted by atomic mass is 10.2. The molecule has 0 bridgehead atoms. The van der Waals surface area contributed by atoms with E-state index in [2.05, 4.69) is 5.32 Å². The van der Waals surface area contributed by atoms with Gasteiger partial charge in [-0.2, -0.15) is 4.31 Å². The summed E-state index contributed by atoms with van der Waals surface area (Å²) in [7, 11) is -0.764. The zero-order valence-electron chi connectivity index (χ0n) is 13.5. The monoisotopic (exact) mass is 357 g/mol. The van der Waals surface area contributed by atoms with Gasteiger partial charge in [0.05, 0.1) is 11.4 Å². The minimum absolute atomic E-state index is 0.0621. The summed E-state index contributed by atoms with van der Waals surface area (Å²) in [6.45, 7) is 0.0200. The first-order valence-electron chi connectivity index (χ1n) is 7.49. The van der Waals surface area contributed by atoms with Crippen LogP contribution in [0.5, 0.6) is 0 Å². The Bertz CT molecular complexity index is 719. The highest BCUT2D eigenvalue weighted by atomic mass is 32.2. The third-order valence-electron chi connectivity index (χ3n) is 3.84. The number of carbonyl (C=O) groups is 2. The van der Waals surface area contributed by atoms with Gasteiger partial charge in [-0.05, 0) is 37.1 Å². The van der Waals surface area contributed by atoms with Gasteiger partial charge in [0, 0.05) is 20.6 Å². The van der Waals surface area contributed by atoms with Crippen molar-refractivity contribution in [1.82, 2.24) is 14.5 Å². The molecule has 1 fully saturated rings. The van der Waals surface area contributed by atoms with E-state index in [9.17, 15) is 22.4 Å². The molecule has 7 nitrogen and oxygen atoms in total. The fourth-order valence-corrected chi connectivity index (χ4v) is 4.13. The number of sulfonamides is 1. The Hall–Kier alpha value is -2.00. The van der Waals surface area contributed by atoms with E-state index in [-0.39, 0.29) is 23.9 Å². The van der Waals surface area contributed by atoms with Crippen molar-refractivity contribution in [3.8, 4) is 0 Å². The lowest BCUT2D eigenvalue weighted by Crippen LogP contribution is -2.48. The van der Waals surface area contributed by atoms with Gasteiger partial charge in [0.2, 0.25) is 21.8 Å². The van der Waals surface area contributed by atoms with E-state index >= 15 is 0 Å². The molecule has 1 N–H and O–H groups in total. The lowest BCUT2D eigenvalue weighted by Gasteiger charge is -2.23. The molecule has 0 saturated carbocycles. The smallest absolute Gasteiger partial charge is 0.243 e. The molecule has 1 aromatic rings. The highest BCUT2D eigenvalue weighted by Crippen LogP contribution is 2.26. The summed E-state index contributed by atoms with van der Waals surface area (Å²) >= 11 is 0. The molecule has 1 atom stereocenters. The normalized spacial score (nSPS) is 18.4. The number of nitrogens with zero attached hydrogens (tertiary/aromatic N) is 2. The molecule has 1 aromatic carbocycles. The molecule has 1 aliphatic heterocycles. The maximum Gasteiger partial charge on any atom is 0.243 e. The maximum atomic E-state index is 13.0. The molecule has 0 aliphatic carbocycles. The van der Waals surface area contributed by atoms with Gasteiger partial charge in [0.25, 0.3) is 0 Å². The Morgan fingerprint density at radius 3 is 2.50 bits per heavy atom. The van der Waals surface area contributed by atoms with Crippen LogP contribution in [0.25, 0.3) is 0 Å². The summed E-state index contributed by atoms with van der Waals surface area (Å²) in [5, 5.41) is 2.47. The van der Waals surface area contributed by atoms with E-state index < -0.39 is 27.8 Å². The summed E-state index contributed by atoms with van der Waals surface area (Å²) in [5.41, 5.74) is 0. The number of hydrogen-bond acceptors (Lipinski definition) is 4. The molecule has 132 valence electrons. The standard InChI is InChI=1S/C15H20FN3O4S/c1-18(2)14(20)10-17-15(21)13-4-3-9-19(13)24(22,23)12-7-5-11(16)6-8-12/h5-8,13H,3-4,9-10H2,1-2H3,(H,17,21)/t13-/m1/s1. The third-order valence-corrected chi connectivity index (χ3v) is 5.76. The van der Waals surface area contributed by atoms with Crippen LogP contribution in [0, 0.1) is 5.82 Å². The fraction of sp³-hybridized carbons (Fsp3) is 0.467. The number of rotatable bonds is 5. The number of likely N-dealkylation sites (N-methyl/N-ethyl adjacent to an activating group) is 1. The molecule has 1 saturated heterocycles. The van der Waals surface area contributed by atoms with E-state index in [0.717, 1.165) is 16.4 Å². The molecule has 0 aromatic heterocycles. The van der Waals surface area contributed by atoms with Crippen molar-refractivity contribution < 1.29 is 22.4 Å². The van der Waals surface area contributed by atoms with Gasteiger partial charge in [-0.1, -0.05) is 0 Å². The molecular formula is C15H20FN3O4S. The Kier molecular flexibility index (Phi) is 5.55. The van der Waals surface area contributed by atoms with Crippen LogP contribution in [0.3, 0.4) is 0 Å². The van der Waals surface area contributed by atoms with Crippen LogP contribution in [0.15, 0.2) is 29.2 Å². The Morgan fingerprint density at radius 1 is 1.29 bits per heavy atom. The summed E-state index contributed by atoms with van der Waals surface area (Å²) in [5.74, 6) is -1.32. The zero-order valence-corrected chi connectivity index (χ0v) is 14.3. The highest BCUT2D eigenvalue weighted by Gasteiger charge is 2.39. The van der Waals surface area contributed by atoms with Gasteiger partial charge in [-0.15, -0.1) is 0 Å². The van der Waals surface area contributed by atoms with Gasteiger partial charge in [0.1, 0.15) is 11.9 Å². The number of nitrogens with one attached hydrogen (secondary N) is 1. The number of halogens is 1. The average Bonchev–Trinajstić information content (AvgIpc) is 3.03. The van der Waals surface area contributed by atoms with Crippen molar-refractivity contribution >= 4 is 21.8 Å². The second kappa shape index (κ2) is 7.27. The molecule has 9 heteroatoms. The zero-order chi connectivity index (χ0) is 17.9. The van der Waals surface area contributed by atoms with Crippen molar-refractivity contribution in [2.75, 3.05) is 27.2 Å². The Balaban J connectivity index is 2.13. The minimum atomic E-state index is -3.89. The van der Waals surface area contributed by atoms with Gasteiger partial charge in [-0.3, -0.25) is 9.59 Å². The van der Waals surface area contributed by atoms with Crippen molar-refractivity contribution in [2.24, 2.45) is 0 Å². The van der Waals surface area contributed by atoms with Gasteiger partial charge >= 0.3 is 0 Å². The summed E-state index contributed by atoms with van der Waals surface area (Å²) in [6, 6.07) is 3.61. The first kappa shape index (κ1) is 18.3. The Morgan fingerprint density at radius 2 is 1.92 bits per heavy atom. The summed E-state index contributed by atoms with van der Waals surface area (Å²) in [4.78, 5) is 25.1. The average molecular weight is 357 g/mol. The first-order valence-corrected chi connectivity index (χ1v) is 8.93. The topological polar surface area (TPSA) is 86.8 Å². The minimum Gasteiger partial charge on any atom is -0.347 e. The quantitative estimate of drug-likeness (QED) is 0.815. The first-order chi connectivity index (χ1) is 11.2. The second-order valence-electron chi connectivity index (χ2n) is 5.73. The van der Waals surface area contributed by atoms with E-state index in [4.69, 9.17) is 0 Å². The van der Waals surface area contributed by atoms with Crippen LogP contribution >= 0.6 is 0 Å². The van der Waals surface area contributed by atoms with Crippen LogP contribution in [-0.4, -0.2) is 62.7 Å². The van der Waals surface area contributed by atoms with Crippen LogP contribution in [0.1, 0.15) is 12.8 Å². The van der Waals surface area contributed by atoms with Gasteiger partial charge in [0.15, 0.2) is 0 Å². The lowest BCUT2D eigenvalue weighted by molar-refractivity contribution is -0.131. The Labute approximate surface area is 140 Å². The third kappa shape index (κ3) is 3.90. The van der Waals surface area contributed by atoms with E-state index in [1.54, 1.807) is 14.1 Å². The van der Waals surface area contributed by atoms with Crippen LogP contribution in [-0.2, 0) is 19.6 Å². The molecule has 24 heavy (non-hydrogen) atoms. The van der Waals surface area contributed by atoms with Gasteiger partial charge in [-0.25, -0.2) is 12.8 Å². The number of benzene rings is 1. The molecule has 0 radical (unpaired) electrons. The number of carbonyl (C=O) groups excluding carboxylic acids is 2. The van der Waals surface area contributed by atoms with Crippen molar-refractivity contribution in [1.29, 1.82) is 0 Å². The van der Waals surface area contributed by atoms with Crippen molar-refractivity contribution in [3.05, 3.63) is 30.1 Å². The predicted molar refractivity (Wildman–Crippen MR) is 85.0 cm³/mol. The van der Waals surface area contributed by atoms with Crippen LogP contribution in [0.2, 0.25) is 0 Å². The fourth-order valence-electron chi connectivity index (χ4n) is 2.47. The maximum absolute atomic E-state index is 13.0. The SMILES string of the molecule is CN(C)C(=O)CNC(=O)[C@H]1CCCN1S(=O)(=O)c1ccc(F)cc1. The molecule has 1 heterocycles. The molecule has 2 rings (SSSR count). The molecule has 0 spiro atoms. The molecular weight excluding hydrogens is 337 g/mol. The highest BCUT2D eigenvalue weighted by molar-refractivity contribution is 7.89. The molecule has 2 amide bonds. The van der Waals surface area contributed by atoms with Crippen molar-refractivity contribution in [2.45, 2.75) is 23.8 Å². The molecule has 1 aliphatic rings. The van der Waals surface area contributed by atoms with E-state index in [0.29, 0.717) is 12.8 Å². The predicted octanol–water partition coefficient (Wildman–Crippen LogP) is 0.183. The van der Waals surface area contributed by atoms with E-state index in [1.807, 2.05) is 0 Å². The van der Waals surface area contributed by atoms with Crippen LogP contribution in [0.4, 0.5) is 4.39 Å². The summed E-state index contributed by atoms with van der Waals surface area (Å²) in [6.07, 6.45) is 0.919. The van der Waals surface area contributed by atoms with Crippen LogP contribution < -0.4 is 5.32 Å². The van der Waals surface area contributed by atoms with Crippen molar-refractivity contribution in [3.63, 3.8) is 0 Å². The number of hydrogen-bond donors (Lipinski definition) is 1. The molecule has 0 unspecified atom stereocenters. The number of amides is 2. The largest absolute Gasteiger partial charge is 0.347 e. The van der Waals surface area contributed by atoms with Gasteiger partial charge < -0.3 is 10.2 Å². The van der Waals surface area contributed by atoms with E-state index in [1.165, 1.54) is 17.0 Å².